The summed E-state index contributed by atoms with van der Waals surface area (Å²) in [6.07, 6.45) is 2.27. The van der Waals surface area contributed by atoms with Gasteiger partial charge in [0.1, 0.15) is 0 Å². The zero-order chi connectivity index (χ0) is 24.1. The molecule has 0 aliphatic carbocycles. The maximum atomic E-state index is 12.9. The van der Waals surface area contributed by atoms with Crippen LogP contribution in [0.2, 0.25) is 10.0 Å². The SMILES string of the molecule is CN(CC(CCN1CCC(O)(c2ccccc2)CC1)c1ccc(Cl)cc1Cl)C(=O)c1cccs1.Cl. The number of hydrogen-bond donors (Lipinski definition) is 1. The van der Waals surface area contributed by atoms with Crippen molar-refractivity contribution in [3.8, 4) is 0 Å². The normalized spacial score (nSPS) is 16.3. The number of aliphatic hydroxyl groups is 1. The third-order valence-corrected chi connectivity index (χ3v) is 8.18. The maximum Gasteiger partial charge on any atom is 0.263 e. The van der Waals surface area contributed by atoms with Gasteiger partial charge in [0.05, 0.1) is 10.5 Å². The molecule has 1 saturated heterocycles. The molecule has 2 heterocycles. The second-order valence-electron chi connectivity index (χ2n) is 9.05. The number of thiophene rings is 1. The molecule has 1 amide bonds. The van der Waals surface area contributed by atoms with Gasteiger partial charge in [0.15, 0.2) is 0 Å². The minimum absolute atomic E-state index is 0. The first kappa shape index (κ1) is 28.0. The van der Waals surface area contributed by atoms with Gasteiger partial charge in [-0.15, -0.1) is 23.7 Å². The van der Waals surface area contributed by atoms with Crippen LogP contribution in [0.3, 0.4) is 0 Å². The van der Waals surface area contributed by atoms with Crippen molar-refractivity contribution < 1.29 is 9.90 Å². The highest BCUT2D eigenvalue weighted by Gasteiger charge is 2.34. The average Bonchev–Trinajstić information content (AvgIpc) is 3.38. The van der Waals surface area contributed by atoms with E-state index in [2.05, 4.69) is 4.90 Å². The first-order chi connectivity index (χ1) is 16.4. The van der Waals surface area contributed by atoms with E-state index < -0.39 is 5.60 Å². The van der Waals surface area contributed by atoms with Gasteiger partial charge < -0.3 is 14.9 Å². The Balaban J connectivity index is 0.00000342. The van der Waals surface area contributed by atoms with Crippen LogP contribution in [0.25, 0.3) is 0 Å². The lowest BCUT2D eigenvalue weighted by atomic mass is 9.84. The summed E-state index contributed by atoms with van der Waals surface area (Å²) in [4.78, 5) is 17.8. The van der Waals surface area contributed by atoms with Crippen LogP contribution in [0.5, 0.6) is 0 Å². The summed E-state index contributed by atoms with van der Waals surface area (Å²) in [5.41, 5.74) is 1.24. The number of amides is 1. The number of carbonyl (C=O) groups excluding carboxylic acids is 1. The monoisotopic (exact) mass is 552 g/mol. The highest BCUT2D eigenvalue weighted by molar-refractivity contribution is 7.12. The van der Waals surface area contributed by atoms with E-state index in [-0.39, 0.29) is 24.2 Å². The van der Waals surface area contributed by atoms with Crippen LogP contribution in [0.15, 0.2) is 66.0 Å². The first-order valence-corrected chi connectivity index (χ1v) is 13.2. The van der Waals surface area contributed by atoms with Gasteiger partial charge in [0.2, 0.25) is 0 Å². The van der Waals surface area contributed by atoms with Crippen LogP contribution in [0.1, 0.15) is 46.0 Å². The molecule has 0 spiro atoms. The molecule has 3 aromatic rings. The van der Waals surface area contributed by atoms with Crippen molar-refractivity contribution in [2.24, 2.45) is 0 Å². The lowest BCUT2D eigenvalue weighted by Gasteiger charge is -2.39. The number of carbonyl (C=O) groups is 1. The quantitative estimate of drug-likeness (QED) is 0.337. The summed E-state index contributed by atoms with van der Waals surface area (Å²) in [5.74, 6) is 0.101. The van der Waals surface area contributed by atoms with Gasteiger partial charge in [-0.3, -0.25) is 4.79 Å². The van der Waals surface area contributed by atoms with Gasteiger partial charge >= 0.3 is 0 Å². The first-order valence-electron chi connectivity index (χ1n) is 11.6. The zero-order valence-corrected chi connectivity index (χ0v) is 22.8. The van der Waals surface area contributed by atoms with Gasteiger partial charge in [0, 0.05) is 42.6 Å². The Morgan fingerprint density at radius 2 is 1.83 bits per heavy atom. The van der Waals surface area contributed by atoms with Crippen molar-refractivity contribution in [2.75, 3.05) is 33.2 Å². The van der Waals surface area contributed by atoms with Gasteiger partial charge in [0.25, 0.3) is 5.91 Å². The van der Waals surface area contributed by atoms with E-state index >= 15 is 0 Å². The molecular formula is C27H31Cl3N2O2S. The van der Waals surface area contributed by atoms with E-state index in [9.17, 15) is 9.90 Å². The molecule has 0 bridgehead atoms. The van der Waals surface area contributed by atoms with Crippen LogP contribution in [-0.2, 0) is 5.60 Å². The van der Waals surface area contributed by atoms with Crippen LogP contribution < -0.4 is 0 Å². The summed E-state index contributed by atoms with van der Waals surface area (Å²) in [5, 5.41) is 14.3. The smallest absolute Gasteiger partial charge is 0.263 e. The van der Waals surface area contributed by atoms with Crippen LogP contribution in [-0.4, -0.2) is 54.0 Å². The van der Waals surface area contributed by atoms with Crippen molar-refractivity contribution in [2.45, 2.75) is 30.8 Å². The van der Waals surface area contributed by atoms with Crippen molar-refractivity contribution in [3.63, 3.8) is 0 Å². The minimum atomic E-state index is -0.760. The molecule has 0 saturated carbocycles. The number of nitrogens with zero attached hydrogens (tertiary/aromatic N) is 2. The molecule has 188 valence electrons. The highest BCUT2D eigenvalue weighted by atomic mass is 35.5. The van der Waals surface area contributed by atoms with E-state index in [1.165, 1.54) is 11.3 Å². The number of hydrogen-bond acceptors (Lipinski definition) is 4. The van der Waals surface area contributed by atoms with Crippen LogP contribution in [0, 0.1) is 0 Å². The molecule has 1 aromatic heterocycles. The Labute approximate surface area is 227 Å². The van der Waals surface area contributed by atoms with E-state index in [1.807, 2.05) is 67.0 Å². The molecule has 0 radical (unpaired) electrons. The summed E-state index contributed by atoms with van der Waals surface area (Å²) < 4.78 is 0. The van der Waals surface area contributed by atoms with Crippen molar-refractivity contribution in [1.29, 1.82) is 0 Å². The fourth-order valence-electron chi connectivity index (χ4n) is 4.70. The maximum absolute atomic E-state index is 12.9. The average molecular weight is 554 g/mol. The number of halogens is 3. The third kappa shape index (κ3) is 7.00. The Kier molecular flexibility index (Phi) is 10.1. The standard InChI is InChI=1S/C27H30Cl2N2O2S.ClH/c1-30(26(32)25-8-5-17-34-25)19-20(23-10-9-22(28)18-24(23)29)11-14-31-15-12-27(33,13-16-31)21-6-3-2-4-7-21;/h2-10,17-18,20,33H,11-16,19H2,1H3;1H. The van der Waals surface area contributed by atoms with Gasteiger partial charge in [-0.2, -0.15) is 0 Å². The number of likely N-dealkylation sites (N-methyl/N-ethyl adjacent to an activating group) is 1. The molecule has 1 aliphatic heterocycles. The molecule has 1 atom stereocenters. The minimum Gasteiger partial charge on any atom is -0.385 e. The molecule has 35 heavy (non-hydrogen) atoms. The van der Waals surface area contributed by atoms with Gasteiger partial charge in [-0.05, 0) is 60.5 Å². The van der Waals surface area contributed by atoms with Crippen molar-refractivity contribution in [3.05, 3.63) is 92.1 Å². The molecule has 1 N–H and O–H groups in total. The van der Waals surface area contributed by atoms with E-state index in [0.717, 1.165) is 42.1 Å². The highest BCUT2D eigenvalue weighted by Crippen LogP contribution is 2.34. The number of likely N-dealkylation sites (tertiary alicyclic amines) is 1. The molecule has 4 nitrogen and oxygen atoms in total. The predicted molar refractivity (Wildman–Crippen MR) is 148 cm³/mol. The largest absolute Gasteiger partial charge is 0.385 e. The Morgan fingerprint density at radius 1 is 1.11 bits per heavy atom. The number of benzene rings is 2. The lowest BCUT2D eigenvalue weighted by molar-refractivity contribution is -0.0264. The van der Waals surface area contributed by atoms with Gasteiger partial charge in [-0.25, -0.2) is 0 Å². The summed E-state index contributed by atoms with van der Waals surface area (Å²) in [7, 11) is 1.85. The zero-order valence-electron chi connectivity index (χ0n) is 19.7. The third-order valence-electron chi connectivity index (χ3n) is 6.76. The number of rotatable bonds is 8. The Hall–Kier alpha value is -1.60. The fraction of sp³-hybridized carbons (Fsp3) is 0.370. The Morgan fingerprint density at radius 3 is 2.46 bits per heavy atom. The molecule has 8 heteroatoms. The van der Waals surface area contributed by atoms with Gasteiger partial charge in [-0.1, -0.05) is 65.7 Å². The lowest BCUT2D eigenvalue weighted by Crippen LogP contribution is -2.43. The van der Waals surface area contributed by atoms with Crippen molar-refractivity contribution in [1.82, 2.24) is 9.80 Å². The number of piperidine rings is 1. The van der Waals surface area contributed by atoms with Crippen LogP contribution >= 0.6 is 46.9 Å². The van der Waals surface area contributed by atoms with Crippen LogP contribution in [0.4, 0.5) is 0 Å². The van der Waals surface area contributed by atoms with E-state index in [4.69, 9.17) is 23.2 Å². The Bertz CT molecular complexity index is 1090. The topological polar surface area (TPSA) is 43.8 Å². The molecule has 4 rings (SSSR count). The molecule has 1 aliphatic rings. The molecule has 1 unspecified atom stereocenters. The second-order valence-corrected chi connectivity index (χ2v) is 10.8. The summed E-state index contributed by atoms with van der Waals surface area (Å²) in [6, 6.07) is 19.3. The molecular weight excluding hydrogens is 523 g/mol. The van der Waals surface area contributed by atoms with Crippen molar-refractivity contribution >= 4 is 52.9 Å². The summed E-state index contributed by atoms with van der Waals surface area (Å²) >= 11 is 14.2. The predicted octanol–water partition coefficient (Wildman–Crippen LogP) is 6.71. The summed E-state index contributed by atoms with van der Waals surface area (Å²) in [6.45, 7) is 3.10. The van der Waals surface area contributed by atoms with E-state index in [1.54, 1.807) is 11.0 Å². The van der Waals surface area contributed by atoms with E-state index in [0.29, 0.717) is 29.4 Å². The second kappa shape index (κ2) is 12.6. The fourth-order valence-corrected chi connectivity index (χ4v) is 5.98. The molecule has 2 aromatic carbocycles. The molecule has 1 fully saturated rings.